The minimum Gasteiger partial charge on any atom is -0.480 e. The average Bonchev–Trinajstić information content (AvgIpc) is 2.62. The number of hydrogen-bond donors (Lipinski definition) is 1. The number of fused-ring (bicyclic) bond motifs is 1. The van der Waals surface area contributed by atoms with E-state index in [1.165, 1.54) is 11.8 Å². The Kier molecular flexibility index (Phi) is 4.96. The quantitative estimate of drug-likeness (QED) is 0.525. The Morgan fingerprint density at radius 1 is 0.875 bits per heavy atom. The lowest BCUT2D eigenvalue weighted by molar-refractivity contribution is -0.136. The molecule has 120 valence electrons. The maximum absolute atomic E-state index is 12.3. The second-order valence-corrected chi connectivity index (χ2v) is 6.66. The topological polar surface area (TPSA) is 54.4 Å². The van der Waals surface area contributed by atoms with Crippen molar-refractivity contribution >= 4 is 34.3 Å². The summed E-state index contributed by atoms with van der Waals surface area (Å²) in [5.74, 6) is -1.13. The number of Topliss-reactive ketones (excluding diaryl/α,β-unsaturated/α-hetero) is 1. The van der Waals surface area contributed by atoms with Gasteiger partial charge in [0, 0.05) is 16.9 Å². The van der Waals surface area contributed by atoms with Gasteiger partial charge in [-0.2, -0.15) is 0 Å². The Morgan fingerprint density at radius 3 is 2.29 bits per heavy atom. The summed E-state index contributed by atoms with van der Waals surface area (Å²) in [5.41, 5.74) is 0.544. The normalized spacial score (nSPS) is 12.0. The van der Waals surface area contributed by atoms with E-state index in [2.05, 4.69) is 0 Å². The monoisotopic (exact) mass is 336 g/mol. The molecule has 24 heavy (non-hydrogen) atoms. The maximum Gasteiger partial charge on any atom is 0.317 e. The number of thioether (sulfide) groups is 1. The van der Waals surface area contributed by atoms with Crippen LogP contribution in [0.1, 0.15) is 16.8 Å². The van der Waals surface area contributed by atoms with Gasteiger partial charge in [-0.05, 0) is 16.8 Å². The summed E-state index contributed by atoms with van der Waals surface area (Å²) in [6.07, 6.45) is -0.0345. The standard InChI is InChI=1S/C20H16O3S/c21-17(15-8-2-1-3-9-15)13-19(20(22)23)24-18-12-6-10-14-7-4-5-11-16(14)18/h1-12,19H,13H2,(H,22,23). The minimum absolute atomic E-state index is 0.0345. The third-order valence-electron chi connectivity index (χ3n) is 3.76. The summed E-state index contributed by atoms with van der Waals surface area (Å²) < 4.78 is 0. The van der Waals surface area contributed by atoms with Crippen molar-refractivity contribution in [2.45, 2.75) is 16.6 Å². The molecule has 1 N–H and O–H groups in total. The first-order valence-corrected chi connectivity index (χ1v) is 8.48. The predicted octanol–water partition coefficient (Wildman–Crippen LogP) is 4.66. The number of hydrogen-bond acceptors (Lipinski definition) is 3. The van der Waals surface area contributed by atoms with Gasteiger partial charge in [-0.25, -0.2) is 0 Å². The van der Waals surface area contributed by atoms with Crippen LogP contribution >= 0.6 is 11.8 Å². The van der Waals surface area contributed by atoms with Crippen molar-refractivity contribution in [2.24, 2.45) is 0 Å². The van der Waals surface area contributed by atoms with E-state index in [4.69, 9.17) is 0 Å². The molecule has 3 nitrogen and oxygen atoms in total. The predicted molar refractivity (Wildman–Crippen MR) is 96.6 cm³/mol. The summed E-state index contributed by atoms with van der Waals surface area (Å²) >= 11 is 1.23. The van der Waals surface area contributed by atoms with Crippen LogP contribution in [0.2, 0.25) is 0 Å². The Hall–Kier alpha value is -2.59. The second-order valence-electron chi connectivity index (χ2n) is 5.42. The fourth-order valence-electron chi connectivity index (χ4n) is 2.54. The molecule has 0 aliphatic rings. The molecule has 1 unspecified atom stereocenters. The van der Waals surface area contributed by atoms with Crippen molar-refractivity contribution in [3.8, 4) is 0 Å². The molecule has 0 saturated carbocycles. The fraction of sp³-hybridized carbons (Fsp3) is 0.100. The molecule has 0 fully saturated rings. The molecular formula is C20H16O3S. The molecule has 0 heterocycles. The van der Waals surface area contributed by atoms with Crippen molar-refractivity contribution in [1.82, 2.24) is 0 Å². The number of carboxylic acid groups (broad SMARTS) is 1. The number of ketones is 1. The maximum atomic E-state index is 12.3. The van der Waals surface area contributed by atoms with Gasteiger partial charge in [0.2, 0.25) is 0 Å². The van der Waals surface area contributed by atoms with Crippen LogP contribution in [-0.2, 0) is 4.79 Å². The van der Waals surface area contributed by atoms with Crippen LogP contribution in [0.3, 0.4) is 0 Å². The zero-order valence-corrected chi connectivity index (χ0v) is 13.7. The zero-order chi connectivity index (χ0) is 16.9. The Morgan fingerprint density at radius 2 is 1.54 bits per heavy atom. The minimum atomic E-state index is -0.975. The van der Waals surface area contributed by atoms with E-state index in [1.54, 1.807) is 24.3 Å². The van der Waals surface area contributed by atoms with Crippen molar-refractivity contribution in [3.05, 3.63) is 78.4 Å². The number of carbonyl (C=O) groups is 2. The summed E-state index contributed by atoms with van der Waals surface area (Å²) in [4.78, 5) is 24.8. The summed E-state index contributed by atoms with van der Waals surface area (Å²) in [6.45, 7) is 0. The highest BCUT2D eigenvalue weighted by Crippen LogP contribution is 2.32. The Balaban J connectivity index is 1.84. The molecule has 0 saturated heterocycles. The summed E-state index contributed by atoms with van der Waals surface area (Å²) in [7, 11) is 0. The van der Waals surface area contributed by atoms with E-state index in [-0.39, 0.29) is 12.2 Å². The van der Waals surface area contributed by atoms with Crippen molar-refractivity contribution in [2.75, 3.05) is 0 Å². The van der Waals surface area contributed by atoms with E-state index in [0.29, 0.717) is 5.56 Å². The summed E-state index contributed by atoms with van der Waals surface area (Å²) in [6, 6.07) is 22.4. The average molecular weight is 336 g/mol. The highest BCUT2D eigenvalue weighted by Gasteiger charge is 2.23. The van der Waals surface area contributed by atoms with Crippen LogP contribution < -0.4 is 0 Å². The second kappa shape index (κ2) is 7.32. The van der Waals surface area contributed by atoms with E-state index in [0.717, 1.165) is 15.7 Å². The molecule has 1 atom stereocenters. The van der Waals surface area contributed by atoms with Gasteiger partial charge in [-0.15, -0.1) is 11.8 Å². The zero-order valence-electron chi connectivity index (χ0n) is 12.9. The fourth-order valence-corrected chi connectivity index (χ4v) is 3.65. The Bertz CT molecular complexity index is 869. The molecule has 0 aliphatic heterocycles. The third-order valence-corrected chi connectivity index (χ3v) is 5.02. The first-order chi connectivity index (χ1) is 11.6. The van der Waals surface area contributed by atoms with Crippen molar-refractivity contribution in [3.63, 3.8) is 0 Å². The molecule has 0 amide bonds. The third kappa shape index (κ3) is 3.66. The van der Waals surface area contributed by atoms with Crippen LogP contribution in [0.4, 0.5) is 0 Å². The number of rotatable bonds is 6. The first kappa shape index (κ1) is 16.3. The molecule has 0 spiro atoms. The van der Waals surface area contributed by atoms with Gasteiger partial charge >= 0.3 is 5.97 Å². The largest absolute Gasteiger partial charge is 0.480 e. The van der Waals surface area contributed by atoms with Crippen LogP contribution in [0.15, 0.2) is 77.7 Å². The highest BCUT2D eigenvalue weighted by atomic mass is 32.2. The van der Waals surface area contributed by atoms with Crippen LogP contribution in [0.5, 0.6) is 0 Å². The molecule has 0 aliphatic carbocycles. The van der Waals surface area contributed by atoms with Crippen molar-refractivity contribution in [1.29, 1.82) is 0 Å². The molecule has 0 radical (unpaired) electrons. The highest BCUT2D eigenvalue weighted by molar-refractivity contribution is 8.00. The molecule has 4 heteroatoms. The van der Waals surface area contributed by atoms with Crippen LogP contribution in [0, 0.1) is 0 Å². The first-order valence-electron chi connectivity index (χ1n) is 7.60. The smallest absolute Gasteiger partial charge is 0.317 e. The number of aliphatic carboxylic acids is 1. The van der Waals surface area contributed by atoms with Gasteiger partial charge in [0.25, 0.3) is 0 Å². The number of benzene rings is 3. The van der Waals surface area contributed by atoms with Crippen molar-refractivity contribution < 1.29 is 14.7 Å². The van der Waals surface area contributed by atoms with E-state index in [9.17, 15) is 14.7 Å². The number of carboxylic acids is 1. The van der Waals surface area contributed by atoms with Gasteiger partial charge < -0.3 is 5.11 Å². The SMILES string of the molecule is O=C(CC(Sc1cccc2ccccc12)C(=O)O)c1ccccc1. The lowest BCUT2D eigenvalue weighted by Crippen LogP contribution is -2.20. The summed E-state index contributed by atoms with van der Waals surface area (Å²) in [5, 5.41) is 10.8. The lowest BCUT2D eigenvalue weighted by atomic mass is 10.1. The molecule has 3 aromatic rings. The van der Waals surface area contributed by atoms with E-state index >= 15 is 0 Å². The van der Waals surface area contributed by atoms with E-state index in [1.807, 2.05) is 48.5 Å². The lowest BCUT2D eigenvalue weighted by Gasteiger charge is -2.13. The number of carbonyl (C=O) groups excluding carboxylic acids is 1. The van der Waals surface area contributed by atoms with E-state index < -0.39 is 11.2 Å². The molecule has 3 aromatic carbocycles. The van der Waals surface area contributed by atoms with Gasteiger partial charge in [-0.3, -0.25) is 9.59 Å². The molecular weight excluding hydrogens is 320 g/mol. The molecule has 3 rings (SSSR count). The van der Waals surface area contributed by atoms with Gasteiger partial charge in [0.1, 0.15) is 5.25 Å². The van der Waals surface area contributed by atoms with Crippen LogP contribution in [-0.4, -0.2) is 22.1 Å². The molecule has 0 aromatic heterocycles. The molecule has 0 bridgehead atoms. The van der Waals surface area contributed by atoms with Gasteiger partial charge in [0.15, 0.2) is 5.78 Å². The van der Waals surface area contributed by atoms with Gasteiger partial charge in [0.05, 0.1) is 0 Å². The van der Waals surface area contributed by atoms with Crippen LogP contribution in [0.25, 0.3) is 10.8 Å². The Labute approximate surface area is 144 Å². The van der Waals surface area contributed by atoms with Gasteiger partial charge in [-0.1, -0.05) is 66.7 Å².